The van der Waals surface area contributed by atoms with E-state index in [-0.39, 0.29) is 24.1 Å². The van der Waals surface area contributed by atoms with Gasteiger partial charge < -0.3 is 9.84 Å². The van der Waals surface area contributed by atoms with E-state index in [1.807, 2.05) is 12.1 Å². The monoisotopic (exact) mass is 445 g/mol. The van der Waals surface area contributed by atoms with Gasteiger partial charge in [0.15, 0.2) is 0 Å². The summed E-state index contributed by atoms with van der Waals surface area (Å²) in [6, 6.07) is 13.0. The van der Waals surface area contributed by atoms with Crippen LogP contribution in [0.25, 0.3) is 5.57 Å². The number of carboxylic acids is 1. The molecule has 4 rings (SSSR count). The van der Waals surface area contributed by atoms with E-state index in [2.05, 4.69) is 24.0 Å². The zero-order valence-electron chi connectivity index (χ0n) is 17.8. The number of hydrogen-bond donors (Lipinski definition) is 1. The summed E-state index contributed by atoms with van der Waals surface area (Å²) in [5, 5.41) is 9.05. The fourth-order valence-corrected chi connectivity index (χ4v) is 4.38. The number of aryl methyl sites for hydroxylation is 2. The zero-order chi connectivity index (χ0) is 21.1. The number of ether oxygens (including phenoxy) is 1. The number of carbonyl (C=O) groups is 1. The lowest BCUT2D eigenvalue weighted by atomic mass is 9.85. The van der Waals surface area contributed by atoms with Gasteiger partial charge in [0, 0.05) is 19.6 Å². The maximum atomic E-state index is 13.2. The molecule has 2 aromatic rings. The summed E-state index contributed by atoms with van der Waals surface area (Å²) in [6.45, 7) is 4.95. The highest BCUT2D eigenvalue weighted by Gasteiger charge is 2.33. The molecular weight excluding hydrogens is 417 g/mol. The van der Waals surface area contributed by atoms with E-state index < -0.39 is 5.97 Å². The minimum Gasteiger partial charge on any atom is -0.494 e. The van der Waals surface area contributed by atoms with Gasteiger partial charge in [0.1, 0.15) is 11.6 Å². The average Bonchev–Trinajstić information content (AvgIpc) is 2.69. The van der Waals surface area contributed by atoms with Crippen LogP contribution in [0.4, 0.5) is 4.39 Å². The van der Waals surface area contributed by atoms with Crippen LogP contribution in [0.5, 0.6) is 5.75 Å². The van der Waals surface area contributed by atoms with Crippen molar-refractivity contribution in [1.82, 2.24) is 4.90 Å². The van der Waals surface area contributed by atoms with Crippen LogP contribution in [0.15, 0.2) is 48.0 Å². The predicted octanol–water partition coefficient (Wildman–Crippen LogP) is 5.00. The van der Waals surface area contributed by atoms with Crippen LogP contribution in [0, 0.1) is 11.7 Å². The normalized spacial score (nSPS) is 16.3. The molecule has 0 amide bonds. The molecule has 2 aliphatic rings. The van der Waals surface area contributed by atoms with Crippen molar-refractivity contribution in [2.75, 3.05) is 26.2 Å². The van der Waals surface area contributed by atoms with Crippen molar-refractivity contribution in [2.24, 2.45) is 5.92 Å². The molecule has 0 saturated carbocycles. The van der Waals surface area contributed by atoms with E-state index in [4.69, 9.17) is 9.84 Å². The number of allylic oxidation sites excluding steroid dienone is 1. The van der Waals surface area contributed by atoms with Crippen LogP contribution < -0.4 is 4.74 Å². The van der Waals surface area contributed by atoms with Crippen molar-refractivity contribution in [3.05, 3.63) is 70.5 Å². The molecule has 0 radical (unpaired) electrons. The highest BCUT2D eigenvalue weighted by atomic mass is 35.5. The lowest BCUT2D eigenvalue weighted by molar-refractivity contribution is -0.147. The minimum atomic E-state index is -0.686. The molecule has 0 spiro atoms. The largest absolute Gasteiger partial charge is 0.494 e. The topological polar surface area (TPSA) is 49.8 Å². The van der Waals surface area contributed by atoms with Crippen molar-refractivity contribution < 1.29 is 19.0 Å². The Morgan fingerprint density at radius 3 is 2.74 bits per heavy atom. The number of nitrogens with zero attached hydrogens (tertiary/aromatic N) is 1. The number of halogens is 2. The highest BCUT2D eigenvalue weighted by Crippen LogP contribution is 2.34. The summed E-state index contributed by atoms with van der Waals surface area (Å²) in [6.07, 6.45) is 3.64. The first kappa shape index (κ1) is 23.3. The van der Waals surface area contributed by atoms with Crippen molar-refractivity contribution in [1.29, 1.82) is 0 Å². The van der Waals surface area contributed by atoms with E-state index in [0.29, 0.717) is 19.7 Å². The van der Waals surface area contributed by atoms with Crippen LogP contribution in [-0.4, -0.2) is 42.2 Å². The second-order valence-corrected chi connectivity index (χ2v) is 8.36. The van der Waals surface area contributed by atoms with E-state index in [1.165, 1.54) is 28.3 Å². The smallest absolute Gasteiger partial charge is 0.309 e. The molecule has 1 aliphatic carbocycles. The van der Waals surface area contributed by atoms with Gasteiger partial charge in [-0.1, -0.05) is 23.8 Å². The first-order chi connectivity index (χ1) is 14.5. The van der Waals surface area contributed by atoms with E-state index in [1.54, 1.807) is 12.1 Å². The molecule has 1 heterocycles. The lowest BCUT2D eigenvalue weighted by Gasteiger charge is -2.38. The van der Waals surface area contributed by atoms with Crippen molar-refractivity contribution in [3.8, 4) is 5.75 Å². The molecule has 0 unspecified atom stereocenters. The fraction of sp³-hybridized carbons (Fsp3) is 0.400. The number of hydrogen-bond acceptors (Lipinski definition) is 3. The zero-order valence-corrected chi connectivity index (χ0v) is 18.6. The summed E-state index contributed by atoms with van der Waals surface area (Å²) >= 11 is 0. The van der Waals surface area contributed by atoms with Gasteiger partial charge in [-0.05, 0) is 79.1 Å². The Bertz CT molecular complexity index is 969. The van der Waals surface area contributed by atoms with Crippen molar-refractivity contribution >= 4 is 23.9 Å². The van der Waals surface area contributed by atoms with Crippen LogP contribution in [0.3, 0.4) is 0 Å². The predicted molar refractivity (Wildman–Crippen MR) is 122 cm³/mol. The second kappa shape index (κ2) is 10.3. The first-order valence-electron chi connectivity index (χ1n) is 10.6. The molecule has 4 nitrogen and oxygen atoms in total. The summed E-state index contributed by atoms with van der Waals surface area (Å²) < 4.78 is 19.2. The third-order valence-electron chi connectivity index (χ3n) is 6.20. The quantitative estimate of drug-likeness (QED) is 0.581. The number of likely N-dealkylation sites (tertiary alicyclic amines) is 1. The molecule has 0 aromatic heterocycles. The number of rotatable bonds is 8. The Hall–Kier alpha value is -2.37. The Balaban J connectivity index is 0.00000272. The number of aliphatic carboxylic acids is 1. The Labute approximate surface area is 189 Å². The summed E-state index contributed by atoms with van der Waals surface area (Å²) in [5.74, 6) is -0.199. The van der Waals surface area contributed by atoms with Gasteiger partial charge in [0.05, 0.1) is 12.5 Å². The maximum Gasteiger partial charge on any atom is 0.309 e. The fourth-order valence-electron chi connectivity index (χ4n) is 4.38. The van der Waals surface area contributed by atoms with E-state index >= 15 is 0 Å². The maximum absolute atomic E-state index is 13.2. The SMILES string of the molecule is CC1=C(CN2CC(C(=O)O)C2)CCc2cc(OCCCc3cccc(F)c3)ccc21.Cl. The summed E-state index contributed by atoms with van der Waals surface area (Å²) in [7, 11) is 0. The lowest BCUT2D eigenvalue weighted by Crippen LogP contribution is -2.50. The minimum absolute atomic E-state index is 0. The van der Waals surface area contributed by atoms with Crippen LogP contribution >= 0.6 is 12.4 Å². The van der Waals surface area contributed by atoms with E-state index in [0.717, 1.165) is 43.5 Å². The number of benzene rings is 2. The molecule has 2 aromatic carbocycles. The molecule has 166 valence electrons. The molecule has 31 heavy (non-hydrogen) atoms. The standard InChI is InChI=1S/C25H28FNO3.ClH/c1-17-20(14-27-15-21(16-27)25(28)29)8-7-19-13-23(9-10-24(17)19)30-11-3-5-18-4-2-6-22(26)12-18;/h2,4,6,9-10,12-13,21H,3,5,7-8,11,14-16H2,1H3,(H,28,29);1H. The van der Waals surface area contributed by atoms with Crippen LogP contribution in [-0.2, 0) is 17.6 Å². The van der Waals surface area contributed by atoms with Gasteiger partial charge in [-0.15, -0.1) is 12.4 Å². The highest BCUT2D eigenvalue weighted by molar-refractivity contribution is 5.85. The molecule has 0 atom stereocenters. The third kappa shape index (κ3) is 5.66. The molecular formula is C25H29ClFNO3. The molecule has 6 heteroatoms. The van der Waals surface area contributed by atoms with E-state index in [9.17, 15) is 9.18 Å². The van der Waals surface area contributed by atoms with Gasteiger partial charge in [0.25, 0.3) is 0 Å². The second-order valence-electron chi connectivity index (χ2n) is 8.36. The van der Waals surface area contributed by atoms with Crippen molar-refractivity contribution in [2.45, 2.75) is 32.6 Å². The van der Waals surface area contributed by atoms with Gasteiger partial charge in [-0.25, -0.2) is 4.39 Å². The summed E-state index contributed by atoms with van der Waals surface area (Å²) in [5.41, 5.74) is 6.31. The van der Waals surface area contributed by atoms with Gasteiger partial charge in [0.2, 0.25) is 0 Å². The van der Waals surface area contributed by atoms with Gasteiger partial charge >= 0.3 is 5.97 Å². The number of fused-ring (bicyclic) bond motifs is 1. The Morgan fingerprint density at radius 2 is 2.00 bits per heavy atom. The molecule has 1 fully saturated rings. The summed E-state index contributed by atoms with van der Waals surface area (Å²) in [4.78, 5) is 13.2. The Kier molecular flexibility index (Phi) is 7.74. The Morgan fingerprint density at radius 1 is 1.19 bits per heavy atom. The first-order valence-corrected chi connectivity index (χ1v) is 10.6. The molecule has 1 N–H and O–H groups in total. The molecule has 1 aliphatic heterocycles. The van der Waals surface area contributed by atoms with Crippen LogP contribution in [0.2, 0.25) is 0 Å². The average molecular weight is 446 g/mol. The molecule has 1 saturated heterocycles. The molecule has 0 bridgehead atoms. The van der Waals surface area contributed by atoms with Crippen molar-refractivity contribution in [3.63, 3.8) is 0 Å². The van der Waals surface area contributed by atoms with Gasteiger partial charge in [-0.3, -0.25) is 9.69 Å². The third-order valence-corrected chi connectivity index (χ3v) is 6.20. The van der Waals surface area contributed by atoms with Gasteiger partial charge in [-0.2, -0.15) is 0 Å². The number of carboxylic acid groups (broad SMARTS) is 1. The van der Waals surface area contributed by atoms with Crippen LogP contribution in [0.1, 0.15) is 36.5 Å².